The summed E-state index contributed by atoms with van der Waals surface area (Å²) in [6, 6.07) is 11.0. The van der Waals surface area contributed by atoms with Gasteiger partial charge >= 0.3 is 6.09 Å². The van der Waals surface area contributed by atoms with Crippen molar-refractivity contribution in [1.82, 2.24) is 4.90 Å². The number of carbonyl (C=O) groups excluding carboxylic acids is 2. The van der Waals surface area contributed by atoms with Crippen LogP contribution in [0.3, 0.4) is 0 Å². The fourth-order valence-electron chi connectivity index (χ4n) is 5.42. The highest BCUT2D eigenvalue weighted by atomic mass is 19.1. The quantitative estimate of drug-likeness (QED) is 0.693. The van der Waals surface area contributed by atoms with E-state index < -0.39 is 0 Å². The van der Waals surface area contributed by atoms with Crippen LogP contribution in [0, 0.1) is 12.7 Å². The van der Waals surface area contributed by atoms with Crippen molar-refractivity contribution in [3.63, 3.8) is 0 Å². The van der Waals surface area contributed by atoms with Gasteiger partial charge in [0.2, 0.25) is 5.91 Å². The lowest BCUT2D eigenvalue weighted by atomic mass is 9.96. The molecule has 1 saturated heterocycles. The zero-order valence-corrected chi connectivity index (χ0v) is 19.2. The van der Waals surface area contributed by atoms with Crippen LogP contribution in [-0.4, -0.2) is 48.6 Å². The number of amides is 2. The molecule has 7 heteroatoms. The highest BCUT2D eigenvalue weighted by molar-refractivity contribution is 5.96. The van der Waals surface area contributed by atoms with Gasteiger partial charge in [-0.05, 0) is 69.4 Å². The van der Waals surface area contributed by atoms with Crippen molar-refractivity contribution < 1.29 is 18.7 Å². The van der Waals surface area contributed by atoms with Crippen LogP contribution in [0.4, 0.5) is 20.6 Å². The monoisotopic (exact) mass is 451 g/mol. The summed E-state index contributed by atoms with van der Waals surface area (Å²) in [4.78, 5) is 31.6. The maximum atomic E-state index is 13.7. The molecule has 0 radical (unpaired) electrons. The van der Waals surface area contributed by atoms with E-state index in [9.17, 15) is 14.0 Å². The van der Waals surface area contributed by atoms with E-state index in [1.54, 1.807) is 17.0 Å². The van der Waals surface area contributed by atoms with E-state index >= 15 is 0 Å². The first-order valence-corrected chi connectivity index (χ1v) is 11.8. The molecule has 0 bridgehead atoms. The Morgan fingerprint density at radius 1 is 1.06 bits per heavy atom. The minimum atomic E-state index is -0.285. The van der Waals surface area contributed by atoms with Crippen LogP contribution in [0.15, 0.2) is 36.4 Å². The largest absolute Gasteiger partial charge is 0.444 e. The van der Waals surface area contributed by atoms with Crippen LogP contribution >= 0.6 is 0 Å². The normalized spacial score (nSPS) is 21.4. The third kappa shape index (κ3) is 4.22. The van der Waals surface area contributed by atoms with Crippen molar-refractivity contribution in [3.05, 3.63) is 58.9 Å². The lowest BCUT2D eigenvalue weighted by Crippen LogP contribution is -2.52. The van der Waals surface area contributed by atoms with Gasteiger partial charge in [-0.3, -0.25) is 14.6 Å². The van der Waals surface area contributed by atoms with Gasteiger partial charge in [-0.2, -0.15) is 0 Å². The lowest BCUT2D eigenvalue weighted by Gasteiger charge is -2.41. The molecule has 1 fully saturated rings. The zero-order chi connectivity index (χ0) is 23.1. The number of halogens is 1. The third-order valence-corrected chi connectivity index (χ3v) is 7.17. The van der Waals surface area contributed by atoms with Gasteiger partial charge in [0.05, 0.1) is 12.2 Å². The number of anilines is 2. The zero-order valence-electron chi connectivity index (χ0n) is 19.2. The second-order valence-corrected chi connectivity index (χ2v) is 9.49. The Morgan fingerprint density at radius 2 is 1.82 bits per heavy atom. The number of fused-ring (bicyclic) bond motifs is 2. The molecule has 3 aliphatic rings. The fraction of sp³-hybridized carbons (Fsp3) is 0.462. The van der Waals surface area contributed by atoms with E-state index in [-0.39, 0.29) is 29.9 Å². The number of cyclic esters (lactones) is 1. The Balaban J connectivity index is 1.25. The number of aryl methyl sites for hydroxylation is 2. The summed E-state index contributed by atoms with van der Waals surface area (Å²) >= 11 is 0. The van der Waals surface area contributed by atoms with Crippen LogP contribution in [0.1, 0.15) is 42.9 Å². The summed E-state index contributed by atoms with van der Waals surface area (Å²) in [5, 5.41) is 0. The number of rotatable bonds is 3. The molecule has 33 heavy (non-hydrogen) atoms. The van der Waals surface area contributed by atoms with E-state index in [2.05, 4.69) is 17.9 Å². The Labute approximate surface area is 193 Å². The molecule has 6 nitrogen and oxygen atoms in total. The molecule has 3 heterocycles. The second-order valence-electron chi connectivity index (χ2n) is 9.49. The molecule has 0 aliphatic carbocycles. The van der Waals surface area contributed by atoms with Gasteiger partial charge in [0.1, 0.15) is 12.4 Å². The number of piperidine rings is 1. The molecule has 0 spiro atoms. The molecule has 1 atom stereocenters. The summed E-state index contributed by atoms with van der Waals surface area (Å²) in [6.45, 7) is 6.21. The fourth-order valence-corrected chi connectivity index (χ4v) is 5.42. The Hall–Kier alpha value is -2.93. The molecular formula is C26H30FN3O3. The predicted octanol–water partition coefficient (Wildman–Crippen LogP) is 4.42. The summed E-state index contributed by atoms with van der Waals surface area (Å²) < 4.78 is 19.1. The van der Waals surface area contributed by atoms with Crippen molar-refractivity contribution in [2.24, 2.45) is 0 Å². The van der Waals surface area contributed by atoms with Crippen LogP contribution in [-0.2, 0) is 22.6 Å². The van der Waals surface area contributed by atoms with Gasteiger partial charge in [0, 0.05) is 36.4 Å². The minimum absolute atomic E-state index is 0.0479. The number of benzene rings is 2. The second kappa shape index (κ2) is 8.78. The van der Waals surface area contributed by atoms with Crippen molar-refractivity contribution in [2.75, 3.05) is 29.4 Å². The summed E-state index contributed by atoms with van der Waals surface area (Å²) in [6.07, 6.45) is 2.91. The number of likely N-dealkylation sites (tertiary alicyclic amines) is 1. The Morgan fingerprint density at radius 3 is 2.61 bits per heavy atom. The minimum Gasteiger partial charge on any atom is -0.444 e. The molecule has 2 aromatic carbocycles. The molecule has 0 aromatic heterocycles. The number of carbonyl (C=O) groups is 2. The number of nitrogens with zero attached hydrogens (tertiary/aromatic N) is 3. The van der Waals surface area contributed by atoms with Crippen LogP contribution in [0.25, 0.3) is 0 Å². The van der Waals surface area contributed by atoms with Gasteiger partial charge in [0.15, 0.2) is 0 Å². The van der Waals surface area contributed by atoms with Crippen molar-refractivity contribution in [1.29, 1.82) is 0 Å². The number of ether oxygens (including phenoxy) is 1. The molecule has 174 valence electrons. The average Bonchev–Trinajstić information content (AvgIpc) is 2.80. The van der Waals surface area contributed by atoms with E-state index in [0.29, 0.717) is 13.2 Å². The highest BCUT2D eigenvalue weighted by Crippen LogP contribution is 2.34. The van der Waals surface area contributed by atoms with Crippen LogP contribution < -0.4 is 9.80 Å². The Bertz CT molecular complexity index is 1080. The van der Waals surface area contributed by atoms with Crippen molar-refractivity contribution >= 4 is 23.4 Å². The molecular weight excluding hydrogens is 421 g/mol. The first-order chi connectivity index (χ1) is 15.9. The van der Waals surface area contributed by atoms with Gasteiger partial charge < -0.3 is 9.64 Å². The summed E-state index contributed by atoms with van der Waals surface area (Å²) in [7, 11) is 0. The smallest absolute Gasteiger partial charge is 0.414 e. The molecule has 2 amide bonds. The highest BCUT2D eigenvalue weighted by Gasteiger charge is 2.35. The van der Waals surface area contributed by atoms with Crippen LogP contribution in [0.2, 0.25) is 0 Å². The molecule has 1 unspecified atom stereocenters. The first-order valence-electron chi connectivity index (χ1n) is 11.8. The van der Waals surface area contributed by atoms with Gasteiger partial charge in [-0.1, -0.05) is 17.7 Å². The van der Waals surface area contributed by atoms with Gasteiger partial charge in [-0.15, -0.1) is 0 Å². The maximum Gasteiger partial charge on any atom is 0.414 e. The molecule has 2 aromatic rings. The van der Waals surface area contributed by atoms with Crippen molar-refractivity contribution in [2.45, 2.75) is 58.2 Å². The van der Waals surface area contributed by atoms with Crippen LogP contribution in [0.5, 0.6) is 0 Å². The van der Waals surface area contributed by atoms with Crippen molar-refractivity contribution in [3.8, 4) is 0 Å². The van der Waals surface area contributed by atoms with E-state index in [4.69, 9.17) is 4.74 Å². The van der Waals surface area contributed by atoms with E-state index in [1.807, 2.05) is 24.0 Å². The Kier molecular flexibility index (Phi) is 5.83. The van der Waals surface area contributed by atoms with E-state index in [1.165, 1.54) is 6.07 Å². The number of hydrogen-bond donors (Lipinski definition) is 0. The molecule has 0 N–H and O–H groups in total. The predicted molar refractivity (Wildman–Crippen MR) is 125 cm³/mol. The summed E-state index contributed by atoms with van der Waals surface area (Å²) in [5.41, 5.74) is 4.87. The third-order valence-electron chi connectivity index (χ3n) is 7.17. The van der Waals surface area contributed by atoms with Gasteiger partial charge in [-0.25, -0.2) is 9.18 Å². The number of hydrogen-bond acceptors (Lipinski definition) is 4. The molecule has 0 saturated carbocycles. The lowest BCUT2D eigenvalue weighted by molar-refractivity contribution is -0.120. The average molecular weight is 452 g/mol. The molecule has 3 aliphatic heterocycles. The van der Waals surface area contributed by atoms with E-state index in [0.717, 1.165) is 66.8 Å². The maximum absolute atomic E-state index is 13.7. The first kappa shape index (κ1) is 21.9. The standard InChI is InChI=1S/C26H30FN3O3/c1-17-3-7-24-20(13-17)16-33-26(32)30(24)22-9-11-28(12-10-22)15-25(31)29-18(2)4-5-19-14-21(27)6-8-23(19)29/h3,6-8,13-14,18,22H,4-5,9-12,15-16H2,1-2H3. The van der Waals surface area contributed by atoms with Gasteiger partial charge in [0.25, 0.3) is 0 Å². The molecule has 5 rings (SSSR count). The topological polar surface area (TPSA) is 53.1 Å². The summed E-state index contributed by atoms with van der Waals surface area (Å²) in [5.74, 6) is -0.211. The SMILES string of the molecule is Cc1ccc2c(c1)COC(=O)N2C1CCN(CC(=O)N2c3ccc(F)cc3CCC2C)CC1.